The molecule has 106 valence electrons. The first-order valence-corrected chi connectivity index (χ1v) is 6.01. The molecule has 1 aromatic heterocycles. The number of nitrogens with zero attached hydrogens (tertiary/aromatic N) is 1. The van der Waals surface area contributed by atoms with Gasteiger partial charge in [-0.3, -0.25) is 0 Å². The highest BCUT2D eigenvalue weighted by molar-refractivity contribution is 6.31. The largest absolute Gasteiger partial charge is 0.433 e. The van der Waals surface area contributed by atoms with Gasteiger partial charge in [-0.25, -0.2) is 4.98 Å². The zero-order chi connectivity index (χ0) is 14.9. The minimum absolute atomic E-state index is 0.120. The topological polar surface area (TPSA) is 50.9 Å². The Morgan fingerprint density at radius 1 is 1.25 bits per heavy atom. The van der Waals surface area contributed by atoms with Crippen LogP contribution in [0.2, 0.25) is 5.02 Å². The van der Waals surface area contributed by atoms with Crippen LogP contribution in [0, 0.1) is 6.92 Å². The van der Waals surface area contributed by atoms with Crippen LogP contribution in [0.3, 0.4) is 0 Å². The molecule has 0 aliphatic heterocycles. The van der Waals surface area contributed by atoms with E-state index in [1.54, 1.807) is 18.2 Å². The Balaban J connectivity index is 2.35. The smallest absolute Gasteiger partial charge is 0.396 e. The van der Waals surface area contributed by atoms with E-state index in [1.165, 1.54) is 0 Å². The molecule has 7 heteroatoms. The van der Waals surface area contributed by atoms with Crippen LogP contribution in [0.25, 0.3) is 0 Å². The number of rotatable bonds is 2. The first kappa shape index (κ1) is 14.5. The predicted octanol–water partition coefficient (Wildman–Crippen LogP) is 4.39. The maximum atomic E-state index is 12.6. The highest BCUT2D eigenvalue weighted by atomic mass is 35.5. The minimum Gasteiger partial charge on any atom is -0.396 e. The summed E-state index contributed by atoms with van der Waals surface area (Å²) in [7, 11) is 0. The molecule has 3 nitrogen and oxygen atoms in total. The Kier molecular flexibility index (Phi) is 3.76. The van der Waals surface area contributed by atoms with Crippen LogP contribution in [0.4, 0.5) is 30.2 Å². The molecule has 0 unspecified atom stereocenters. The number of hydrogen-bond acceptors (Lipinski definition) is 3. The fourth-order valence-electron chi connectivity index (χ4n) is 1.56. The number of benzene rings is 1. The normalized spacial score (nSPS) is 11.4. The lowest BCUT2D eigenvalue weighted by Crippen LogP contribution is -2.09. The summed E-state index contributed by atoms with van der Waals surface area (Å²) >= 11 is 5.96. The van der Waals surface area contributed by atoms with Gasteiger partial charge in [0.2, 0.25) is 0 Å². The molecule has 3 N–H and O–H groups in total. The van der Waals surface area contributed by atoms with Crippen molar-refractivity contribution in [2.24, 2.45) is 0 Å². The van der Waals surface area contributed by atoms with Crippen molar-refractivity contribution in [2.75, 3.05) is 11.1 Å². The molecule has 2 aromatic rings. The van der Waals surface area contributed by atoms with Crippen LogP contribution in [0.5, 0.6) is 0 Å². The van der Waals surface area contributed by atoms with Crippen LogP contribution in [0.1, 0.15) is 11.3 Å². The van der Waals surface area contributed by atoms with Crippen LogP contribution >= 0.6 is 11.6 Å². The van der Waals surface area contributed by atoms with E-state index >= 15 is 0 Å². The summed E-state index contributed by atoms with van der Waals surface area (Å²) in [5.74, 6) is 0. The van der Waals surface area contributed by atoms with E-state index in [0.29, 0.717) is 10.7 Å². The van der Waals surface area contributed by atoms with Gasteiger partial charge in [0.05, 0.1) is 17.6 Å². The van der Waals surface area contributed by atoms with Crippen molar-refractivity contribution < 1.29 is 13.2 Å². The van der Waals surface area contributed by atoms with Crippen molar-refractivity contribution in [2.45, 2.75) is 13.1 Å². The second kappa shape index (κ2) is 5.20. The van der Waals surface area contributed by atoms with Crippen molar-refractivity contribution in [3.05, 3.63) is 46.7 Å². The maximum Gasteiger partial charge on any atom is 0.433 e. The molecule has 0 fully saturated rings. The summed E-state index contributed by atoms with van der Waals surface area (Å²) in [6.07, 6.45) is -3.55. The Morgan fingerprint density at radius 2 is 1.95 bits per heavy atom. The molecule has 1 heterocycles. The Labute approximate surface area is 118 Å². The van der Waals surface area contributed by atoms with Crippen molar-refractivity contribution in [3.63, 3.8) is 0 Å². The molecule has 0 bridgehead atoms. The Hall–Kier alpha value is -1.95. The van der Waals surface area contributed by atoms with Crippen LogP contribution in [-0.2, 0) is 6.18 Å². The van der Waals surface area contributed by atoms with Crippen LogP contribution in [0.15, 0.2) is 30.5 Å². The Bertz CT molecular complexity index is 641. The average molecular weight is 302 g/mol. The molecule has 20 heavy (non-hydrogen) atoms. The van der Waals surface area contributed by atoms with Crippen molar-refractivity contribution in [1.82, 2.24) is 4.98 Å². The molecule has 0 radical (unpaired) electrons. The van der Waals surface area contributed by atoms with Gasteiger partial charge in [0.25, 0.3) is 0 Å². The highest BCUT2D eigenvalue weighted by Crippen LogP contribution is 2.32. The molecule has 0 saturated heterocycles. The SMILES string of the molecule is Cc1ccc(Nc2cc(C(F)(F)F)ncc2N)cc1Cl. The number of aromatic nitrogens is 1. The first-order valence-electron chi connectivity index (χ1n) is 5.63. The number of hydrogen-bond donors (Lipinski definition) is 2. The quantitative estimate of drug-likeness (QED) is 0.865. The fraction of sp³-hybridized carbons (Fsp3) is 0.154. The Morgan fingerprint density at radius 3 is 2.55 bits per heavy atom. The van der Waals surface area contributed by atoms with Gasteiger partial charge >= 0.3 is 6.18 Å². The number of nitrogens with two attached hydrogens (primary N) is 1. The molecular weight excluding hydrogens is 291 g/mol. The third-order valence-electron chi connectivity index (χ3n) is 2.68. The lowest BCUT2D eigenvalue weighted by atomic mass is 10.2. The van der Waals surface area contributed by atoms with Gasteiger partial charge in [0, 0.05) is 10.7 Å². The fourth-order valence-corrected chi connectivity index (χ4v) is 1.74. The van der Waals surface area contributed by atoms with Crippen LogP contribution < -0.4 is 11.1 Å². The van der Waals surface area contributed by atoms with Gasteiger partial charge in [-0.2, -0.15) is 13.2 Å². The summed E-state index contributed by atoms with van der Waals surface area (Å²) in [4.78, 5) is 3.27. The lowest BCUT2D eigenvalue weighted by Gasteiger charge is -2.13. The van der Waals surface area contributed by atoms with Crippen molar-refractivity contribution >= 4 is 28.7 Å². The predicted molar refractivity (Wildman–Crippen MR) is 73.1 cm³/mol. The minimum atomic E-state index is -4.52. The number of alkyl halides is 3. The number of anilines is 3. The average Bonchev–Trinajstić information content (AvgIpc) is 2.35. The standard InChI is InChI=1S/C13H11ClF3N3/c1-7-2-3-8(4-9(7)14)20-11-5-12(13(15,16)17)19-6-10(11)18/h2-6H,18H2,1H3,(H,19,20). The van der Waals surface area contributed by atoms with Crippen LogP contribution in [-0.4, -0.2) is 4.98 Å². The van der Waals surface area contributed by atoms with Gasteiger partial charge in [0.15, 0.2) is 0 Å². The third kappa shape index (κ3) is 3.14. The number of pyridine rings is 1. The van der Waals surface area contributed by atoms with E-state index in [2.05, 4.69) is 10.3 Å². The molecule has 0 aliphatic carbocycles. The van der Waals surface area contributed by atoms with Crippen molar-refractivity contribution in [1.29, 1.82) is 0 Å². The van der Waals surface area contributed by atoms with Crippen molar-refractivity contribution in [3.8, 4) is 0 Å². The summed E-state index contributed by atoms with van der Waals surface area (Å²) in [5, 5.41) is 3.32. The number of nitrogen functional groups attached to an aromatic ring is 1. The number of halogens is 4. The zero-order valence-electron chi connectivity index (χ0n) is 10.4. The molecule has 1 aromatic carbocycles. The van der Waals surface area contributed by atoms with E-state index in [9.17, 15) is 13.2 Å². The molecule has 0 atom stereocenters. The van der Waals surface area contributed by atoms with E-state index in [0.717, 1.165) is 17.8 Å². The molecular formula is C13H11ClF3N3. The van der Waals surface area contributed by atoms with Gasteiger partial charge in [-0.1, -0.05) is 17.7 Å². The van der Waals surface area contributed by atoms with Gasteiger partial charge in [0.1, 0.15) is 5.69 Å². The third-order valence-corrected chi connectivity index (χ3v) is 3.08. The summed E-state index contributed by atoms with van der Waals surface area (Å²) < 4.78 is 37.8. The number of aryl methyl sites for hydroxylation is 1. The zero-order valence-corrected chi connectivity index (χ0v) is 11.2. The van der Waals surface area contributed by atoms with E-state index in [1.807, 2.05) is 6.92 Å². The maximum absolute atomic E-state index is 12.6. The van der Waals surface area contributed by atoms with E-state index in [-0.39, 0.29) is 11.4 Å². The highest BCUT2D eigenvalue weighted by Gasteiger charge is 2.32. The van der Waals surface area contributed by atoms with Gasteiger partial charge in [-0.15, -0.1) is 0 Å². The van der Waals surface area contributed by atoms with Gasteiger partial charge in [-0.05, 0) is 30.7 Å². The number of nitrogens with one attached hydrogen (secondary N) is 1. The van der Waals surface area contributed by atoms with E-state index in [4.69, 9.17) is 17.3 Å². The molecule has 0 saturated carbocycles. The summed E-state index contributed by atoms with van der Waals surface area (Å²) in [6.45, 7) is 1.83. The molecule has 0 amide bonds. The molecule has 0 aliphatic rings. The molecule has 2 rings (SSSR count). The second-order valence-electron chi connectivity index (χ2n) is 4.24. The summed E-state index contributed by atoms with van der Waals surface area (Å²) in [6, 6.07) is 5.94. The van der Waals surface area contributed by atoms with E-state index < -0.39 is 11.9 Å². The van der Waals surface area contributed by atoms with Gasteiger partial charge < -0.3 is 11.1 Å². The lowest BCUT2D eigenvalue weighted by molar-refractivity contribution is -0.141. The second-order valence-corrected chi connectivity index (χ2v) is 4.65. The monoisotopic (exact) mass is 301 g/mol. The first-order chi connectivity index (χ1) is 9.27. The molecule has 0 spiro atoms. The summed E-state index contributed by atoms with van der Waals surface area (Å²) in [5.41, 5.74) is 6.29.